The monoisotopic (exact) mass is 1430 g/mol. The first-order valence-corrected chi connectivity index (χ1v) is 34.6. The van der Waals surface area contributed by atoms with Gasteiger partial charge in [0.1, 0.15) is 128 Å². The van der Waals surface area contributed by atoms with Crippen molar-refractivity contribution in [1.82, 2.24) is 24.9 Å². The molecular weight excluding hydrogens is 1350 g/mol. The summed E-state index contributed by atoms with van der Waals surface area (Å²) in [5, 5.41) is 169. The van der Waals surface area contributed by atoms with E-state index < -0.39 is 165 Å². The van der Waals surface area contributed by atoms with Crippen LogP contribution in [0.25, 0.3) is 22.3 Å². The van der Waals surface area contributed by atoms with Crippen molar-refractivity contribution in [3.8, 4) is 69.6 Å². The minimum Gasteiger partial charge on any atom is -0.394 e. The van der Waals surface area contributed by atoms with Crippen molar-refractivity contribution in [2.75, 3.05) is 52.6 Å². The Hall–Kier alpha value is -8.06. The van der Waals surface area contributed by atoms with Gasteiger partial charge in [0.15, 0.2) is 0 Å². The molecule has 4 aromatic carbocycles. The van der Waals surface area contributed by atoms with E-state index in [0.29, 0.717) is 92.5 Å². The van der Waals surface area contributed by atoms with Crippen molar-refractivity contribution in [1.29, 1.82) is 0 Å². The molecule has 104 heavy (non-hydrogen) atoms. The smallest absolute Gasteiger partial charge is 0.257 e. The van der Waals surface area contributed by atoms with Gasteiger partial charge in [0.2, 0.25) is 11.8 Å². The van der Waals surface area contributed by atoms with Crippen LogP contribution in [0.5, 0.6) is 0 Å². The van der Waals surface area contributed by atoms with Crippen LogP contribution >= 0.6 is 0 Å². The van der Waals surface area contributed by atoms with Crippen molar-refractivity contribution in [2.45, 2.75) is 177 Å². The Kier molecular flexibility index (Phi) is 21.7. The maximum atomic E-state index is 13.4. The molecular formula is C76H83N5O23. The average Bonchev–Trinajstić information content (AvgIpc) is 1.56. The zero-order valence-corrected chi connectivity index (χ0v) is 56.4. The zero-order chi connectivity index (χ0) is 73.8. The van der Waals surface area contributed by atoms with Crippen molar-refractivity contribution < 1.29 is 115 Å². The third kappa shape index (κ3) is 13.9. The number of hydrogen-bond acceptors (Lipinski definition) is 24. The first kappa shape index (κ1) is 74.2. The Bertz CT molecular complexity index is 4110. The Balaban J connectivity index is 0.000000185. The molecule has 28 nitrogen and oxygen atoms in total. The number of aliphatic hydroxyl groups excluding tert-OH is 16. The highest BCUT2D eigenvalue weighted by atomic mass is 16.6. The van der Waals surface area contributed by atoms with Crippen LogP contribution in [0.3, 0.4) is 0 Å². The third-order valence-corrected chi connectivity index (χ3v) is 21.8. The number of nitrogens with one attached hydrogen (secondary N) is 1. The van der Waals surface area contributed by atoms with Crippen LogP contribution in [-0.2, 0) is 46.4 Å². The summed E-state index contributed by atoms with van der Waals surface area (Å²) < 4.78 is 23.9. The van der Waals surface area contributed by atoms with Crippen LogP contribution in [0, 0.1) is 47.4 Å². The lowest BCUT2D eigenvalue weighted by atomic mass is 9.70. The van der Waals surface area contributed by atoms with Crippen LogP contribution in [0.4, 0.5) is 0 Å². The van der Waals surface area contributed by atoms with Crippen molar-refractivity contribution >= 4 is 17.7 Å². The number of piperidine rings is 2. The molecule has 28 heteroatoms. The molecule has 5 aromatic rings. The summed E-state index contributed by atoms with van der Waals surface area (Å²) in [6.07, 6.45) is -20.8. The molecule has 3 amide bonds. The molecule has 2 aliphatic carbocycles. The number of amides is 3. The molecule has 8 heterocycles. The predicted octanol–water partition coefficient (Wildman–Crippen LogP) is -4.75. The predicted molar refractivity (Wildman–Crippen MR) is 363 cm³/mol. The van der Waals surface area contributed by atoms with Gasteiger partial charge in [0.25, 0.3) is 5.91 Å². The number of benzene rings is 4. The van der Waals surface area contributed by atoms with E-state index >= 15 is 0 Å². The SMILES string of the molecule is Cn1cc(C(=O)N2CCC3(CC2)c2cc(C#C[C@H]4O[C@H](CO)[C@@H](O)[C@H](O)[C@@H]4O)ccc2-c2ccc(C#C[C@H]4O[C@H](CO)[C@@H](O)[C@H](O)[C@@H]4O)cc23)cn1.O=C1CC[C@@H](C(=O)N2CCC3(CC2)c2cc(C#C[C@H]4O[C@H](CO)[C@@H](O)[C@H](O)[C@@H]4O)ccc2-c2ccc(C#C[C@H]4O[C@H](CO)[C@@H](O)[C@H](O)[C@@H]4O)cc23)N1. The maximum Gasteiger partial charge on any atom is 0.257 e. The number of rotatable bonds is 6. The molecule has 0 unspecified atom stereocenters. The van der Waals surface area contributed by atoms with E-state index in [1.54, 1.807) is 29.0 Å². The van der Waals surface area contributed by atoms with Crippen molar-refractivity contribution in [2.24, 2.45) is 7.05 Å². The Morgan fingerprint density at radius 2 is 0.769 bits per heavy atom. The number of aryl methyl sites for hydroxylation is 1. The van der Waals surface area contributed by atoms with E-state index in [9.17, 15) is 96.1 Å². The first-order chi connectivity index (χ1) is 49.9. The van der Waals surface area contributed by atoms with Gasteiger partial charge in [-0.15, -0.1) is 0 Å². The second-order valence-electron chi connectivity index (χ2n) is 28.0. The fourth-order valence-electron chi connectivity index (χ4n) is 15.8. The van der Waals surface area contributed by atoms with Crippen LogP contribution in [0.1, 0.15) is 93.4 Å². The van der Waals surface area contributed by atoms with Gasteiger partial charge in [0.05, 0.1) is 38.2 Å². The number of carbonyl (C=O) groups is 3. The molecule has 7 saturated heterocycles. The molecule has 7 aliphatic heterocycles. The van der Waals surface area contributed by atoms with Gasteiger partial charge >= 0.3 is 0 Å². The van der Waals surface area contributed by atoms with Gasteiger partial charge in [-0.05, 0) is 125 Å². The first-order valence-electron chi connectivity index (χ1n) is 34.6. The summed E-state index contributed by atoms with van der Waals surface area (Å²) >= 11 is 0. The summed E-state index contributed by atoms with van der Waals surface area (Å²) in [6, 6.07) is 22.5. The van der Waals surface area contributed by atoms with E-state index in [2.05, 4.69) is 57.8 Å². The Labute approximate surface area is 597 Å². The molecule has 0 saturated carbocycles. The average molecular weight is 1430 g/mol. The second-order valence-corrected chi connectivity index (χ2v) is 28.0. The summed E-state index contributed by atoms with van der Waals surface area (Å²) in [5.74, 6) is 23.2. The molecule has 7 fully saturated rings. The van der Waals surface area contributed by atoms with E-state index in [1.807, 2.05) is 77.7 Å². The number of aromatic nitrogens is 2. The van der Waals surface area contributed by atoms with E-state index in [4.69, 9.17) is 18.9 Å². The Morgan fingerprint density at radius 1 is 0.462 bits per heavy atom. The fraction of sp³-hybridized carbons (Fsp3) is 0.500. The molecule has 2 spiro atoms. The summed E-state index contributed by atoms with van der Waals surface area (Å²) in [7, 11) is 1.75. The van der Waals surface area contributed by atoms with Crippen molar-refractivity contribution in [3.05, 3.63) is 135 Å². The van der Waals surface area contributed by atoms with E-state index in [-0.39, 0.29) is 17.7 Å². The minimum atomic E-state index is -1.55. The van der Waals surface area contributed by atoms with Gasteiger partial charge in [-0.1, -0.05) is 71.6 Å². The second kappa shape index (κ2) is 30.4. The number of carbonyl (C=O) groups excluding carboxylic acids is 3. The summed E-state index contributed by atoms with van der Waals surface area (Å²) in [5.41, 5.74) is 9.63. The lowest BCUT2D eigenvalue weighted by Crippen LogP contribution is -2.58. The van der Waals surface area contributed by atoms with Gasteiger partial charge in [0, 0.05) is 78.9 Å². The van der Waals surface area contributed by atoms with Crippen LogP contribution < -0.4 is 5.32 Å². The zero-order valence-electron chi connectivity index (χ0n) is 56.4. The number of hydrogen-bond donors (Lipinski definition) is 17. The molecule has 17 N–H and O–H groups in total. The quantitative estimate of drug-likeness (QED) is 0.0710. The normalized spacial score (nSPS) is 33.3. The van der Waals surface area contributed by atoms with Crippen LogP contribution in [-0.4, -0.2) is 300 Å². The number of fused-ring (bicyclic) bond motifs is 10. The van der Waals surface area contributed by atoms with Gasteiger partial charge < -0.3 is 116 Å². The highest BCUT2D eigenvalue weighted by Crippen LogP contribution is 2.56. The largest absolute Gasteiger partial charge is 0.394 e. The molecule has 14 rings (SSSR count). The number of nitrogens with zero attached hydrogens (tertiary/aromatic N) is 4. The molecule has 0 bridgehead atoms. The third-order valence-electron chi connectivity index (χ3n) is 21.8. The topological polar surface area (TPSA) is 448 Å². The molecule has 9 aliphatic rings. The highest BCUT2D eigenvalue weighted by molar-refractivity contribution is 5.94. The van der Waals surface area contributed by atoms with Gasteiger partial charge in [-0.2, -0.15) is 5.10 Å². The lowest BCUT2D eigenvalue weighted by molar-refractivity contribution is -0.214. The van der Waals surface area contributed by atoms with E-state index in [1.165, 1.54) is 0 Å². The molecule has 550 valence electrons. The van der Waals surface area contributed by atoms with Gasteiger partial charge in [-0.25, -0.2) is 0 Å². The molecule has 21 atom stereocenters. The Morgan fingerprint density at radius 3 is 1.04 bits per heavy atom. The fourth-order valence-corrected chi connectivity index (χ4v) is 15.8. The van der Waals surface area contributed by atoms with Crippen LogP contribution in [0.15, 0.2) is 85.2 Å². The number of ether oxygens (including phenoxy) is 4. The highest BCUT2D eigenvalue weighted by Gasteiger charge is 2.51. The van der Waals surface area contributed by atoms with Crippen molar-refractivity contribution in [3.63, 3.8) is 0 Å². The molecule has 0 radical (unpaired) electrons. The number of aliphatic hydroxyl groups is 16. The van der Waals surface area contributed by atoms with Gasteiger partial charge in [-0.3, -0.25) is 19.1 Å². The summed E-state index contributed by atoms with van der Waals surface area (Å²) in [4.78, 5) is 42.2. The van der Waals surface area contributed by atoms with Crippen LogP contribution in [0.2, 0.25) is 0 Å². The standard InChI is InChI=1S/C38H41N3O11.C38H42N2O12/c1-40-17-22(16-39-40)37(50)41-12-10-38(11-13-41)25-14-20(4-8-27-31(44)35(48)33(46)29(18-42)51-27)2-6-23(25)24-7-3-21(15-26(24)38)5-9-28-32(45)36(49)34(47)30(19-43)52-28;41-17-28-33(46)35(48)31(44)26(51-28)8-3-19-1-5-21-22-6-2-20(4-9-27-32(45)36(49)34(47)29(18-42)52-27)16-24(22)38(23(21)15-19)11-13-40(14-12-38)37(50)25-7-10-30(43)39-25/h2-3,6-7,14-17,27-36,42-49H,10-13,18-19H2,1H3;1-2,5-6,15-16,25-29,31-36,41-42,44-49H,7,10-14,17-18H2,(H,39,43)/t27-,28-,29-,30-,31-,32-,33-,34-,35-,36-;25-,26+,27+,28+,29+,31+,32+,33+,34+,35+,36+/m10/s1. The number of likely N-dealkylation sites (tertiary alicyclic amines) is 2. The molecule has 1 aromatic heterocycles. The summed E-state index contributed by atoms with van der Waals surface area (Å²) in [6.45, 7) is -0.496. The maximum absolute atomic E-state index is 13.4. The lowest BCUT2D eigenvalue weighted by Gasteiger charge is -2.41. The van der Waals surface area contributed by atoms with E-state index in [0.717, 1.165) is 44.5 Å². The minimum absolute atomic E-state index is 0.111.